The maximum Gasteiger partial charge on any atom is 0.134 e. The molecule has 0 spiro atoms. The molecule has 0 saturated heterocycles. The van der Waals surface area contributed by atoms with Crippen LogP contribution in [0.15, 0.2) is 65.4 Å². The van der Waals surface area contributed by atoms with E-state index in [9.17, 15) is 0 Å². The number of rotatable bonds is 3. The Morgan fingerprint density at radius 3 is 2.50 bits per heavy atom. The topological polar surface area (TPSA) is 28.9 Å². The molecular formula is C18H15NO. The minimum Gasteiger partial charge on any atom is -0.464 e. The Bertz CT molecular complexity index is 795. The van der Waals surface area contributed by atoms with Gasteiger partial charge in [0.1, 0.15) is 5.58 Å². The SMILES string of the molecule is c1ccc2c(CCc3coc4ccccc34)c[nH]c2c1. The lowest BCUT2D eigenvalue weighted by Crippen LogP contribution is -1.88. The van der Waals surface area contributed by atoms with Gasteiger partial charge in [0.05, 0.1) is 6.26 Å². The highest BCUT2D eigenvalue weighted by Crippen LogP contribution is 2.24. The quantitative estimate of drug-likeness (QED) is 0.569. The van der Waals surface area contributed by atoms with Crippen LogP contribution in [0.25, 0.3) is 21.9 Å². The third-order valence-electron chi connectivity index (χ3n) is 3.90. The molecule has 2 aromatic heterocycles. The van der Waals surface area contributed by atoms with E-state index in [1.165, 1.54) is 27.4 Å². The molecule has 4 aromatic rings. The zero-order valence-corrected chi connectivity index (χ0v) is 11.1. The van der Waals surface area contributed by atoms with Gasteiger partial charge in [-0.05, 0) is 36.1 Å². The van der Waals surface area contributed by atoms with Gasteiger partial charge in [-0.3, -0.25) is 0 Å². The second-order valence-corrected chi connectivity index (χ2v) is 5.12. The van der Waals surface area contributed by atoms with Crippen LogP contribution in [0.5, 0.6) is 0 Å². The smallest absolute Gasteiger partial charge is 0.134 e. The Morgan fingerprint density at radius 2 is 1.55 bits per heavy atom. The number of furan rings is 1. The molecule has 2 heterocycles. The first kappa shape index (κ1) is 11.4. The molecule has 0 bridgehead atoms. The van der Waals surface area contributed by atoms with Crippen molar-refractivity contribution in [1.82, 2.24) is 4.98 Å². The molecule has 0 aliphatic rings. The van der Waals surface area contributed by atoms with Gasteiger partial charge in [-0.2, -0.15) is 0 Å². The van der Waals surface area contributed by atoms with E-state index in [-0.39, 0.29) is 0 Å². The second kappa shape index (κ2) is 4.57. The Hall–Kier alpha value is -2.48. The van der Waals surface area contributed by atoms with Gasteiger partial charge in [-0.25, -0.2) is 0 Å². The number of nitrogens with one attached hydrogen (secondary N) is 1. The van der Waals surface area contributed by atoms with Crippen molar-refractivity contribution in [3.8, 4) is 0 Å². The van der Waals surface area contributed by atoms with Gasteiger partial charge in [-0.15, -0.1) is 0 Å². The lowest BCUT2D eigenvalue weighted by atomic mass is 10.0. The Morgan fingerprint density at radius 1 is 0.800 bits per heavy atom. The predicted octanol–water partition coefficient (Wildman–Crippen LogP) is 4.70. The number of hydrogen-bond donors (Lipinski definition) is 1. The molecule has 0 unspecified atom stereocenters. The molecule has 0 aliphatic carbocycles. The Kier molecular flexibility index (Phi) is 2.59. The van der Waals surface area contributed by atoms with Crippen LogP contribution in [0.1, 0.15) is 11.1 Å². The number of aryl methyl sites for hydroxylation is 2. The average molecular weight is 261 g/mol. The summed E-state index contributed by atoms with van der Waals surface area (Å²) in [4.78, 5) is 3.33. The largest absolute Gasteiger partial charge is 0.464 e. The van der Waals surface area contributed by atoms with E-state index in [0.29, 0.717) is 0 Å². The highest BCUT2D eigenvalue weighted by atomic mass is 16.3. The first-order valence-corrected chi connectivity index (χ1v) is 6.92. The summed E-state index contributed by atoms with van der Waals surface area (Å²) in [5.41, 5.74) is 4.83. The minimum absolute atomic E-state index is 0.974. The van der Waals surface area contributed by atoms with Crippen molar-refractivity contribution < 1.29 is 4.42 Å². The number of hydrogen-bond acceptors (Lipinski definition) is 1. The molecule has 0 amide bonds. The molecule has 0 aliphatic heterocycles. The monoisotopic (exact) mass is 261 g/mol. The van der Waals surface area contributed by atoms with E-state index in [0.717, 1.165) is 18.4 Å². The molecule has 0 saturated carbocycles. The summed E-state index contributed by atoms with van der Waals surface area (Å²) in [5, 5.41) is 2.55. The molecule has 0 atom stereocenters. The van der Waals surface area contributed by atoms with Gasteiger partial charge < -0.3 is 9.40 Å². The maximum atomic E-state index is 5.60. The summed E-state index contributed by atoms with van der Waals surface area (Å²) >= 11 is 0. The van der Waals surface area contributed by atoms with Crippen molar-refractivity contribution in [2.24, 2.45) is 0 Å². The average Bonchev–Trinajstić information content (AvgIpc) is 3.09. The standard InChI is InChI=1S/C18H15NO/c1-3-7-17-15(5-1)13(11-19-17)9-10-14-12-20-18-8-4-2-6-16(14)18/h1-8,11-12,19H,9-10H2. The van der Waals surface area contributed by atoms with Crippen LogP contribution in [0.4, 0.5) is 0 Å². The number of aromatic amines is 1. The lowest BCUT2D eigenvalue weighted by molar-refractivity contribution is 0.610. The van der Waals surface area contributed by atoms with E-state index in [1.54, 1.807) is 0 Å². The predicted molar refractivity (Wildman–Crippen MR) is 81.9 cm³/mol. The molecule has 2 aromatic carbocycles. The van der Waals surface area contributed by atoms with Crippen LogP contribution in [0.3, 0.4) is 0 Å². The molecule has 4 rings (SSSR count). The van der Waals surface area contributed by atoms with Gasteiger partial charge in [0.15, 0.2) is 0 Å². The van der Waals surface area contributed by atoms with Gasteiger partial charge in [0.2, 0.25) is 0 Å². The maximum absolute atomic E-state index is 5.60. The number of H-pyrrole nitrogens is 1. The molecule has 0 fully saturated rings. The first-order chi connectivity index (χ1) is 9.92. The zero-order valence-electron chi connectivity index (χ0n) is 11.1. The number of para-hydroxylation sites is 2. The molecule has 2 heteroatoms. The van der Waals surface area contributed by atoms with Crippen molar-refractivity contribution in [2.75, 3.05) is 0 Å². The van der Waals surface area contributed by atoms with Crippen LogP contribution in [-0.2, 0) is 12.8 Å². The van der Waals surface area contributed by atoms with Crippen LogP contribution < -0.4 is 0 Å². The van der Waals surface area contributed by atoms with E-state index in [2.05, 4.69) is 47.6 Å². The van der Waals surface area contributed by atoms with E-state index in [1.807, 2.05) is 18.4 Å². The highest BCUT2D eigenvalue weighted by Gasteiger charge is 2.07. The normalized spacial score (nSPS) is 11.4. The minimum atomic E-state index is 0.974. The molecule has 0 radical (unpaired) electrons. The second-order valence-electron chi connectivity index (χ2n) is 5.12. The number of aromatic nitrogens is 1. The van der Waals surface area contributed by atoms with Crippen molar-refractivity contribution in [1.29, 1.82) is 0 Å². The molecule has 98 valence electrons. The van der Waals surface area contributed by atoms with Crippen LogP contribution in [0.2, 0.25) is 0 Å². The Balaban J connectivity index is 1.64. The van der Waals surface area contributed by atoms with E-state index < -0.39 is 0 Å². The summed E-state index contributed by atoms with van der Waals surface area (Å²) in [6.07, 6.45) is 6.03. The Labute approximate surface area is 117 Å². The summed E-state index contributed by atoms with van der Waals surface area (Å²) < 4.78 is 5.60. The fraction of sp³-hybridized carbons (Fsp3) is 0.111. The third-order valence-corrected chi connectivity index (χ3v) is 3.90. The highest BCUT2D eigenvalue weighted by molar-refractivity contribution is 5.83. The summed E-state index contributed by atoms with van der Waals surface area (Å²) in [7, 11) is 0. The molecule has 1 N–H and O–H groups in total. The van der Waals surface area contributed by atoms with Gasteiger partial charge >= 0.3 is 0 Å². The zero-order chi connectivity index (χ0) is 13.4. The first-order valence-electron chi connectivity index (χ1n) is 6.92. The van der Waals surface area contributed by atoms with Gasteiger partial charge in [0, 0.05) is 22.5 Å². The van der Waals surface area contributed by atoms with Gasteiger partial charge in [-0.1, -0.05) is 36.4 Å². The van der Waals surface area contributed by atoms with Crippen molar-refractivity contribution in [3.63, 3.8) is 0 Å². The fourth-order valence-electron chi connectivity index (χ4n) is 2.83. The lowest BCUT2D eigenvalue weighted by Gasteiger charge is -1.99. The van der Waals surface area contributed by atoms with Crippen molar-refractivity contribution >= 4 is 21.9 Å². The number of fused-ring (bicyclic) bond motifs is 2. The molecule has 2 nitrogen and oxygen atoms in total. The van der Waals surface area contributed by atoms with E-state index in [4.69, 9.17) is 4.42 Å². The van der Waals surface area contributed by atoms with Crippen molar-refractivity contribution in [3.05, 3.63) is 72.1 Å². The molecule has 20 heavy (non-hydrogen) atoms. The van der Waals surface area contributed by atoms with Gasteiger partial charge in [0.25, 0.3) is 0 Å². The van der Waals surface area contributed by atoms with E-state index >= 15 is 0 Å². The summed E-state index contributed by atoms with van der Waals surface area (Å²) in [5.74, 6) is 0. The van der Waals surface area contributed by atoms with Crippen LogP contribution in [0, 0.1) is 0 Å². The van der Waals surface area contributed by atoms with Crippen molar-refractivity contribution in [2.45, 2.75) is 12.8 Å². The summed E-state index contributed by atoms with van der Waals surface area (Å²) in [6.45, 7) is 0. The molecular weight excluding hydrogens is 246 g/mol. The van der Waals surface area contributed by atoms with Crippen LogP contribution >= 0.6 is 0 Å². The summed E-state index contributed by atoms with van der Waals surface area (Å²) in [6, 6.07) is 16.7. The fourth-order valence-corrected chi connectivity index (χ4v) is 2.83. The number of benzene rings is 2. The third kappa shape index (κ3) is 1.81. The van der Waals surface area contributed by atoms with Crippen LogP contribution in [-0.4, -0.2) is 4.98 Å².